The van der Waals surface area contributed by atoms with E-state index in [4.69, 9.17) is 0 Å². The molecule has 0 unspecified atom stereocenters. The standard InChI is InChI=1S/C24H28N4O3S/c1-24(2,3)20-8-5-17(6-9-20)16-27-22(11-13-25-27)26-23(29)19-7-10-21-18(15-19)12-14-28(21)32(4,30)31/h5-11,13,15H,12,14,16H2,1-4H3,(H,26,29). The van der Waals surface area contributed by atoms with Gasteiger partial charge in [0.1, 0.15) is 5.82 Å². The third kappa shape index (κ3) is 4.55. The molecular formula is C24H28N4O3S. The highest BCUT2D eigenvalue weighted by Crippen LogP contribution is 2.31. The van der Waals surface area contributed by atoms with Crippen LogP contribution in [0.1, 0.15) is 47.8 Å². The number of anilines is 2. The van der Waals surface area contributed by atoms with Gasteiger partial charge in [-0.2, -0.15) is 5.10 Å². The third-order valence-electron chi connectivity index (χ3n) is 5.71. The third-order valence-corrected chi connectivity index (χ3v) is 6.89. The minimum atomic E-state index is -3.32. The number of hydrogen-bond acceptors (Lipinski definition) is 4. The molecule has 8 heteroatoms. The van der Waals surface area contributed by atoms with E-state index < -0.39 is 10.0 Å². The van der Waals surface area contributed by atoms with E-state index in [0.717, 1.165) is 11.1 Å². The van der Waals surface area contributed by atoms with Crippen LogP contribution >= 0.6 is 0 Å². The van der Waals surface area contributed by atoms with E-state index in [-0.39, 0.29) is 11.3 Å². The Hall–Kier alpha value is -3.13. The lowest BCUT2D eigenvalue weighted by Gasteiger charge is -2.19. The molecule has 1 amide bonds. The number of sulfonamides is 1. The fourth-order valence-electron chi connectivity index (χ4n) is 3.89. The number of carbonyl (C=O) groups excluding carboxylic acids is 1. The molecule has 0 radical (unpaired) electrons. The molecule has 1 N–H and O–H groups in total. The van der Waals surface area contributed by atoms with Crippen LogP contribution in [0.2, 0.25) is 0 Å². The smallest absolute Gasteiger partial charge is 0.256 e. The number of benzene rings is 2. The zero-order valence-corrected chi connectivity index (χ0v) is 19.6. The fraction of sp³-hybridized carbons (Fsp3) is 0.333. The van der Waals surface area contributed by atoms with Gasteiger partial charge in [0.15, 0.2) is 0 Å². The largest absolute Gasteiger partial charge is 0.307 e. The van der Waals surface area contributed by atoms with Crippen molar-refractivity contribution < 1.29 is 13.2 Å². The van der Waals surface area contributed by atoms with Gasteiger partial charge in [-0.3, -0.25) is 9.10 Å². The quantitative estimate of drug-likeness (QED) is 0.638. The average Bonchev–Trinajstić information content (AvgIpc) is 3.33. The second kappa shape index (κ2) is 8.09. The van der Waals surface area contributed by atoms with Crippen molar-refractivity contribution in [1.29, 1.82) is 0 Å². The molecule has 0 atom stereocenters. The molecule has 7 nitrogen and oxygen atoms in total. The molecule has 1 aliphatic heterocycles. The highest BCUT2D eigenvalue weighted by Gasteiger charge is 2.27. The van der Waals surface area contributed by atoms with Crippen LogP contribution in [0.5, 0.6) is 0 Å². The summed E-state index contributed by atoms with van der Waals surface area (Å²) in [6.07, 6.45) is 3.44. The predicted molar refractivity (Wildman–Crippen MR) is 127 cm³/mol. The van der Waals surface area contributed by atoms with Gasteiger partial charge in [0.05, 0.1) is 24.7 Å². The van der Waals surface area contributed by atoms with E-state index >= 15 is 0 Å². The zero-order chi connectivity index (χ0) is 23.1. The molecule has 168 valence electrons. The molecule has 1 aromatic heterocycles. The van der Waals surface area contributed by atoms with E-state index in [2.05, 4.69) is 55.5 Å². The predicted octanol–water partition coefficient (Wildman–Crippen LogP) is 3.80. The van der Waals surface area contributed by atoms with Crippen LogP contribution in [-0.2, 0) is 28.4 Å². The second-order valence-corrected chi connectivity index (χ2v) is 11.1. The van der Waals surface area contributed by atoms with E-state index in [1.807, 2.05) is 0 Å². The number of fused-ring (bicyclic) bond motifs is 1. The minimum absolute atomic E-state index is 0.0948. The van der Waals surface area contributed by atoms with Crippen molar-refractivity contribution in [3.05, 3.63) is 77.0 Å². The van der Waals surface area contributed by atoms with Crippen LogP contribution in [0.4, 0.5) is 11.5 Å². The Balaban J connectivity index is 1.48. The summed E-state index contributed by atoms with van der Waals surface area (Å²) in [5, 5.41) is 7.28. The van der Waals surface area contributed by atoms with E-state index in [1.54, 1.807) is 35.1 Å². The van der Waals surface area contributed by atoms with Crippen molar-refractivity contribution in [3.63, 3.8) is 0 Å². The number of nitrogens with one attached hydrogen (secondary N) is 1. The van der Waals surface area contributed by atoms with Gasteiger partial charge in [0.25, 0.3) is 5.91 Å². The minimum Gasteiger partial charge on any atom is -0.307 e. The summed E-state index contributed by atoms with van der Waals surface area (Å²) in [6.45, 7) is 7.49. The molecule has 2 heterocycles. The van der Waals surface area contributed by atoms with Crippen molar-refractivity contribution in [2.24, 2.45) is 0 Å². The molecule has 0 fully saturated rings. The van der Waals surface area contributed by atoms with Crippen molar-refractivity contribution in [1.82, 2.24) is 9.78 Å². The molecule has 0 aliphatic carbocycles. The Morgan fingerprint density at radius 1 is 1.09 bits per heavy atom. The van der Waals surface area contributed by atoms with E-state index in [9.17, 15) is 13.2 Å². The molecule has 0 saturated carbocycles. The molecule has 2 aromatic carbocycles. The fourth-order valence-corrected chi connectivity index (χ4v) is 4.85. The summed E-state index contributed by atoms with van der Waals surface area (Å²) in [5.74, 6) is 0.351. The lowest BCUT2D eigenvalue weighted by molar-refractivity contribution is 0.102. The van der Waals surface area contributed by atoms with E-state index in [1.165, 1.54) is 16.1 Å². The molecule has 32 heavy (non-hydrogen) atoms. The molecule has 0 saturated heterocycles. The number of nitrogens with zero attached hydrogens (tertiary/aromatic N) is 3. The number of aromatic nitrogens is 2. The van der Waals surface area contributed by atoms with Crippen LogP contribution in [0.25, 0.3) is 0 Å². The summed E-state index contributed by atoms with van der Waals surface area (Å²) in [4.78, 5) is 12.9. The van der Waals surface area contributed by atoms with Gasteiger partial charge in [-0.15, -0.1) is 0 Å². The lowest BCUT2D eigenvalue weighted by Crippen LogP contribution is -2.27. The topological polar surface area (TPSA) is 84.3 Å². The van der Waals surface area contributed by atoms with Crippen molar-refractivity contribution in [2.45, 2.75) is 39.2 Å². The molecule has 3 aromatic rings. The molecule has 0 bridgehead atoms. The van der Waals surface area contributed by atoms with Gasteiger partial charge in [-0.25, -0.2) is 13.1 Å². The van der Waals surface area contributed by atoms with E-state index in [0.29, 0.717) is 36.6 Å². The summed E-state index contributed by atoms with van der Waals surface area (Å²) < 4.78 is 27.0. The van der Waals surface area contributed by atoms with Crippen LogP contribution in [0.15, 0.2) is 54.7 Å². The SMILES string of the molecule is CC(C)(C)c1ccc(Cn2nccc2NC(=O)c2ccc3c(c2)CCN3S(C)(=O)=O)cc1. The zero-order valence-electron chi connectivity index (χ0n) is 18.8. The number of hydrogen-bond donors (Lipinski definition) is 1. The first-order valence-electron chi connectivity index (χ1n) is 10.6. The maximum atomic E-state index is 12.9. The van der Waals surface area contributed by atoms with Crippen LogP contribution in [0, 0.1) is 0 Å². The van der Waals surface area contributed by atoms with Gasteiger partial charge < -0.3 is 5.32 Å². The Labute approximate surface area is 189 Å². The first-order chi connectivity index (χ1) is 15.0. The maximum Gasteiger partial charge on any atom is 0.256 e. The first kappa shape index (κ1) is 22.1. The summed E-state index contributed by atoms with van der Waals surface area (Å²) in [6, 6.07) is 15.3. The van der Waals surface area contributed by atoms with Gasteiger partial charge in [0.2, 0.25) is 10.0 Å². The summed E-state index contributed by atoms with van der Waals surface area (Å²) in [5.41, 5.74) is 4.44. The van der Waals surface area contributed by atoms with Crippen molar-refractivity contribution in [2.75, 3.05) is 22.4 Å². The Kier molecular flexibility index (Phi) is 5.58. The summed E-state index contributed by atoms with van der Waals surface area (Å²) in [7, 11) is -3.32. The Bertz CT molecular complexity index is 1260. The molecular weight excluding hydrogens is 424 g/mol. The first-order valence-corrected chi connectivity index (χ1v) is 12.4. The number of rotatable bonds is 5. The van der Waals surface area contributed by atoms with Crippen molar-refractivity contribution in [3.8, 4) is 0 Å². The Morgan fingerprint density at radius 3 is 2.47 bits per heavy atom. The van der Waals surface area contributed by atoms with Gasteiger partial charge in [-0.1, -0.05) is 45.0 Å². The van der Waals surface area contributed by atoms with Gasteiger partial charge >= 0.3 is 0 Å². The number of carbonyl (C=O) groups is 1. The highest BCUT2D eigenvalue weighted by molar-refractivity contribution is 7.92. The maximum absolute atomic E-state index is 12.9. The molecule has 4 rings (SSSR count). The van der Waals surface area contributed by atoms with Crippen LogP contribution in [0.3, 0.4) is 0 Å². The normalized spacial score (nSPS) is 13.8. The molecule has 1 aliphatic rings. The van der Waals surface area contributed by atoms with Crippen LogP contribution < -0.4 is 9.62 Å². The van der Waals surface area contributed by atoms with Crippen LogP contribution in [-0.4, -0.2) is 36.9 Å². The second-order valence-electron chi connectivity index (χ2n) is 9.20. The Morgan fingerprint density at radius 2 is 1.81 bits per heavy atom. The lowest BCUT2D eigenvalue weighted by atomic mass is 9.87. The molecule has 0 spiro atoms. The van der Waals surface area contributed by atoms with Gasteiger partial charge in [-0.05, 0) is 46.7 Å². The van der Waals surface area contributed by atoms with Crippen molar-refractivity contribution >= 4 is 27.4 Å². The monoisotopic (exact) mass is 452 g/mol. The number of amides is 1. The summed E-state index contributed by atoms with van der Waals surface area (Å²) >= 11 is 0. The average molecular weight is 453 g/mol. The van der Waals surface area contributed by atoms with Gasteiger partial charge in [0, 0.05) is 18.2 Å². The highest BCUT2D eigenvalue weighted by atomic mass is 32.2.